The summed E-state index contributed by atoms with van der Waals surface area (Å²) in [6.07, 6.45) is 0. The van der Waals surface area contributed by atoms with Gasteiger partial charge in [0, 0.05) is 4.47 Å². The standard InChI is InChI=1S/C12H15BrN2O4/c1-7-3-4-9(8(13)5-7)15-11(18)14-6-12(2,19)10(16)17/h3-5,19H,6H2,1-2H3,(H,16,17)(H2,14,15,18). The van der Waals surface area contributed by atoms with Crippen molar-refractivity contribution in [1.29, 1.82) is 0 Å². The van der Waals surface area contributed by atoms with Crippen LogP contribution in [-0.2, 0) is 4.79 Å². The molecular weight excluding hydrogens is 316 g/mol. The number of aliphatic hydroxyl groups is 1. The molecule has 7 heteroatoms. The number of hydrogen-bond acceptors (Lipinski definition) is 3. The molecule has 1 atom stereocenters. The fraction of sp³-hybridized carbons (Fsp3) is 0.333. The highest BCUT2D eigenvalue weighted by Crippen LogP contribution is 2.23. The van der Waals surface area contributed by atoms with E-state index in [1.807, 2.05) is 19.1 Å². The van der Waals surface area contributed by atoms with Crippen LogP contribution < -0.4 is 10.6 Å². The normalized spacial score (nSPS) is 13.5. The van der Waals surface area contributed by atoms with Crippen LogP contribution in [0.25, 0.3) is 0 Å². The van der Waals surface area contributed by atoms with Gasteiger partial charge in [0.2, 0.25) is 0 Å². The lowest BCUT2D eigenvalue weighted by Crippen LogP contribution is -2.47. The number of anilines is 1. The van der Waals surface area contributed by atoms with Gasteiger partial charge in [0.25, 0.3) is 0 Å². The van der Waals surface area contributed by atoms with Gasteiger partial charge >= 0.3 is 12.0 Å². The van der Waals surface area contributed by atoms with Gasteiger partial charge in [-0.3, -0.25) is 0 Å². The van der Waals surface area contributed by atoms with Gasteiger partial charge in [0.1, 0.15) is 0 Å². The Morgan fingerprint density at radius 3 is 2.58 bits per heavy atom. The summed E-state index contributed by atoms with van der Waals surface area (Å²) in [5, 5.41) is 23.0. The smallest absolute Gasteiger partial charge is 0.337 e. The summed E-state index contributed by atoms with van der Waals surface area (Å²) in [6.45, 7) is 2.63. The highest BCUT2D eigenvalue weighted by molar-refractivity contribution is 9.10. The van der Waals surface area contributed by atoms with Crippen molar-refractivity contribution in [2.45, 2.75) is 19.4 Å². The minimum atomic E-state index is -2.00. The number of hydrogen-bond donors (Lipinski definition) is 4. The summed E-state index contributed by atoms with van der Waals surface area (Å²) < 4.78 is 0.715. The molecule has 0 aliphatic rings. The predicted molar refractivity (Wildman–Crippen MR) is 74.2 cm³/mol. The highest BCUT2D eigenvalue weighted by Gasteiger charge is 2.30. The molecule has 1 unspecified atom stereocenters. The molecule has 104 valence electrons. The van der Waals surface area contributed by atoms with Crippen LogP contribution in [0.2, 0.25) is 0 Å². The minimum Gasteiger partial charge on any atom is -0.479 e. The zero-order chi connectivity index (χ0) is 14.6. The molecule has 0 radical (unpaired) electrons. The van der Waals surface area contributed by atoms with Crippen LogP contribution in [0.15, 0.2) is 22.7 Å². The second-order valence-electron chi connectivity index (χ2n) is 4.37. The zero-order valence-electron chi connectivity index (χ0n) is 10.5. The molecule has 1 rings (SSSR count). The maximum Gasteiger partial charge on any atom is 0.337 e. The molecule has 1 aromatic rings. The van der Waals surface area contributed by atoms with Crippen molar-refractivity contribution < 1.29 is 19.8 Å². The number of aliphatic carboxylic acids is 1. The summed E-state index contributed by atoms with van der Waals surface area (Å²) in [4.78, 5) is 22.2. The molecular formula is C12H15BrN2O4. The number of rotatable bonds is 4. The van der Waals surface area contributed by atoms with Crippen LogP contribution in [0.4, 0.5) is 10.5 Å². The van der Waals surface area contributed by atoms with E-state index in [1.165, 1.54) is 0 Å². The number of carbonyl (C=O) groups is 2. The summed E-state index contributed by atoms with van der Waals surface area (Å²) >= 11 is 3.30. The van der Waals surface area contributed by atoms with Crippen LogP contribution in [0.5, 0.6) is 0 Å². The Labute approximate surface area is 118 Å². The fourth-order valence-electron chi connectivity index (χ4n) is 1.22. The van der Waals surface area contributed by atoms with Crippen LogP contribution >= 0.6 is 15.9 Å². The quantitative estimate of drug-likeness (QED) is 0.675. The number of aryl methyl sites for hydroxylation is 1. The molecule has 1 aromatic carbocycles. The van der Waals surface area contributed by atoms with Crippen molar-refractivity contribution in [1.82, 2.24) is 5.32 Å². The maximum atomic E-state index is 11.6. The monoisotopic (exact) mass is 330 g/mol. The van der Waals surface area contributed by atoms with E-state index in [2.05, 4.69) is 26.6 Å². The summed E-state index contributed by atoms with van der Waals surface area (Å²) in [5.74, 6) is -1.40. The van der Waals surface area contributed by atoms with Crippen LogP contribution in [0.1, 0.15) is 12.5 Å². The Kier molecular flexibility index (Phi) is 4.90. The number of benzene rings is 1. The summed E-state index contributed by atoms with van der Waals surface area (Å²) in [6, 6.07) is 4.79. The zero-order valence-corrected chi connectivity index (χ0v) is 12.1. The third-order valence-corrected chi connectivity index (χ3v) is 3.08. The van der Waals surface area contributed by atoms with Gasteiger partial charge in [-0.1, -0.05) is 6.07 Å². The molecule has 0 aliphatic heterocycles. The Morgan fingerprint density at radius 1 is 1.42 bits per heavy atom. The summed E-state index contributed by atoms with van der Waals surface area (Å²) in [7, 11) is 0. The lowest BCUT2D eigenvalue weighted by Gasteiger charge is -2.18. The number of carboxylic acids is 1. The summed E-state index contributed by atoms with van der Waals surface area (Å²) in [5.41, 5.74) is -0.410. The Morgan fingerprint density at radius 2 is 2.05 bits per heavy atom. The topological polar surface area (TPSA) is 98.7 Å². The Hall–Kier alpha value is -1.60. The first-order valence-corrected chi connectivity index (χ1v) is 6.28. The molecule has 0 fully saturated rings. The molecule has 0 saturated carbocycles. The molecule has 4 N–H and O–H groups in total. The predicted octanol–water partition coefficient (Wildman–Crippen LogP) is 1.71. The molecule has 2 amide bonds. The molecule has 0 aromatic heterocycles. The number of amides is 2. The SMILES string of the molecule is Cc1ccc(NC(=O)NCC(C)(O)C(=O)O)c(Br)c1. The van der Waals surface area contributed by atoms with Gasteiger partial charge in [0.15, 0.2) is 5.60 Å². The number of nitrogens with one attached hydrogen (secondary N) is 2. The lowest BCUT2D eigenvalue weighted by atomic mass is 10.1. The highest BCUT2D eigenvalue weighted by atomic mass is 79.9. The van der Waals surface area contributed by atoms with E-state index in [0.29, 0.717) is 10.2 Å². The number of carboxylic acid groups (broad SMARTS) is 1. The average molecular weight is 331 g/mol. The molecule has 19 heavy (non-hydrogen) atoms. The first-order valence-electron chi connectivity index (χ1n) is 5.49. The largest absolute Gasteiger partial charge is 0.479 e. The van der Waals surface area contributed by atoms with Gasteiger partial charge in [-0.25, -0.2) is 9.59 Å². The third kappa shape index (κ3) is 4.53. The first-order chi connectivity index (χ1) is 8.72. The maximum absolute atomic E-state index is 11.6. The third-order valence-electron chi connectivity index (χ3n) is 2.43. The van der Waals surface area contributed by atoms with E-state index in [9.17, 15) is 14.7 Å². The van der Waals surface area contributed by atoms with Crippen molar-refractivity contribution >= 4 is 33.6 Å². The Bertz CT molecular complexity index is 503. The number of carbonyl (C=O) groups excluding carboxylic acids is 1. The van der Waals surface area contributed by atoms with Gasteiger partial charge < -0.3 is 20.8 Å². The van der Waals surface area contributed by atoms with Crippen LogP contribution in [0.3, 0.4) is 0 Å². The van der Waals surface area contributed by atoms with E-state index in [0.717, 1.165) is 12.5 Å². The van der Waals surface area contributed by atoms with E-state index >= 15 is 0 Å². The van der Waals surface area contributed by atoms with E-state index in [-0.39, 0.29) is 0 Å². The van der Waals surface area contributed by atoms with Crippen LogP contribution in [-0.4, -0.2) is 34.4 Å². The van der Waals surface area contributed by atoms with Crippen LogP contribution in [0, 0.1) is 6.92 Å². The van der Waals surface area contributed by atoms with Crippen molar-refractivity contribution in [2.75, 3.05) is 11.9 Å². The number of urea groups is 1. The Balaban J connectivity index is 2.59. The molecule has 0 bridgehead atoms. The molecule has 0 heterocycles. The average Bonchev–Trinajstić information content (AvgIpc) is 2.30. The molecule has 0 saturated heterocycles. The minimum absolute atomic E-state index is 0.391. The van der Waals surface area contributed by atoms with E-state index in [1.54, 1.807) is 6.07 Å². The number of halogens is 1. The van der Waals surface area contributed by atoms with Crippen molar-refractivity contribution in [3.8, 4) is 0 Å². The van der Waals surface area contributed by atoms with Gasteiger partial charge in [0.05, 0.1) is 12.2 Å². The first kappa shape index (κ1) is 15.5. The van der Waals surface area contributed by atoms with Gasteiger partial charge in [-0.2, -0.15) is 0 Å². The fourth-order valence-corrected chi connectivity index (χ4v) is 1.81. The lowest BCUT2D eigenvalue weighted by molar-refractivity contribution is -0.155. The van der Waals surface area contributed by atoms with Crippen molar-refractivity contribution in [3.63, 3.8) is 0 Å². The van der Waals surface area contributed by atoms with Crippen molar-refractivity contribution in [3.05, 3.63) is 28.2 Å². The van der Waals surface area contributed by atoms with E-state index in [4.69, 9.17) is 5.11 Å². The molecule has 6 nitrogen and oxygen atoms in total. The molecule has 0 spiro atoms. The van der Waals surface area contributed by atoms with Gasteiger partial charge in [-0.05, 0) is 47.5 Å². The van der Waals surface area contributed by atoms with E-state index < -0.39 is 24.1 Å². The van der Waals surface area contributed by atoms with Gasteiger partial charge in [-0.15, -0.1) is 0 Å². The second kappa shape index (κ2) is 6.03. The van der Waals surface area contributed by atoms with Crippen molar-refractivity contribution in [2.24, 2.45) is 0 Å². The second-order valence-corrected chi connectivity index (χ2v) is 5.22. The molecule has 0 aliphatic carbocycles.